The molecular weight excluding hydrogens is 242 g/mol. The smallest absolute Gasteiger partial charge is 0.110 e. The predicted molar refractivity (Wildman–Crippen MR) is 78.1 cm³/mol. The summed E-state index contributed by atoms with van der Waals surface area (Å²) in [5.41, 5.74) is 1.15. The summed E-state index contributed by atoms with van der Waals surface area (Å²) in [5, 5.41) is 7.08. The van der Waals surface area contributed by atoms with Gasteiger partial charge in [0.25, 0.3) is 0 Å². The lowest BCUT2D eigenvalue weighted by atomic mass is 10.0. The maximum Gasteiger partial charge on any atom is 0.110 e. The van der Waals surface area contributed by atoms with Crippen LogP contribution in [0.4, 0.5) is 0 Å². The lowest BCUT2D eigenvalue weighted by Crippen LogP contribution is -2.42. The fourth-order valence-corrected chi connectivity index (χ4v) is 3.38. The van der Waals surface area contributed by atoms with Crippen molar-refractivity contribution in [1.29, 1.82) is 0 Å². The Bertz CT molecular complexity index is 375. The molecule has 1 aromatic rings. The first-order valence-electron chi connectivity index (χ1n) is 6.97. The summed E-state index contributed by atoms with van der Waals surface area (Å²) in [6.07, 6.45) is 1.23. The van der Waals surface area contributed by atoms with Crippen LogP contribution in [0.2, 0.25) is 0 Å². The zero-order valence-electron chi connectivity index (χ0n) is 11.9. The SMILES string of the molecule is Cc1csc(C(C)N2CCCNC(C(C)C)C2)n1. The van der Waals surface area contributed by atoms with Crippen molar-refractivity contribution in [2.24, 2.45) is 5.92 Å². The fourth-order valence-electron chi connectivity index (χ4n) is 2.50. The van der Waals surface area contributed by atoms with E-state index in [0.717, 1.165) is 18.8 Å². The van der Waals surface area contributed by atoms with E-state index in [4.69, 9.17) is 0 Å². The molecule has 2 rings (SSSR count). The van der Waals surface area contributed by atoms with Crippen LogP contribution in [0.5, 0.6) is 0 Å². The van der Waals surface area contributed by atoms with Crippen LogP contribution in [0.1, 0.15) is 43.9 Å². The Labute approximate surface area is 115 Å². The number of aromatic nitrogens is 1. The first-order valence-corrected chi connectivity index (χ1v) is 7.85. The van der Waals surface area contributed by atoms with Gasteiger partial charge < -0.3 is 5.32 Å². The lowest BCUT2D eigenvalue weighted by molar-refractivity contribution is 0.192. The van der Waals surface area contributed by atoms with Crippen molar-refractivity contribution in [3.8, 4) is 0 Å². The van der Waals surface area contributed by atoms with Gasteiger partial charge in [-0.15, -0.1) is 11.3 Å². The summed E-state index contributed by atoms with van der Waals surface area (Å²) in [5.74, 6) is 0.691. The monoisotopic (exact) mass is 267 g/mol. The Morgan fingerprint density at radius 3 is 2.83 bits per heavy atom. The average Bonchev–Trinajstić information content (AvgIpc) is 2.63. The number of hydrogen-bond donors (Lipinski definition) is 1. The molecule has 1 aliphatic heterocycles. The zero-order chi connectivity index (χ0) is 13.1. The standard InChI is InChI=1S/C14H25N3S/c1-10(2)13-8-17(7-5-6-15-13)12(4)14-16-11(3)9-18-14/h9-10,12-13,15H,5-8H2,1-4H3. The highest BCUT2D eigenvalue weighted by Crippen LogP contribution is 2.25. The van der Waals surface area contributed by atoms with E-state index in [0.29, 0.717) is 18.0 Å². The molecule has 0 spiro atoms. The van der Waals surface area contributed by atoms with Gasteiger partial charge in [-0.1, -0.05) is 13.8 Å². The number of thiazole rings is 1. The quantitative estimate of drug-likeness (QED) is 0.913. The third-order valence-electron chi connectivity index (χ3n) is 3.81. The van der Waals surface area contributed by atoms with Crippen molar-refractivity contribution in [2.75, 3.05) is 19.6 Å². The van der Waals surface area contributed by atoms with Crippen LogP contribution in [-0.2, 0) is 0 Å². The summed E-state index contributed by atoms with van der Waals surface area (Å²) in [6, 6.07) is 1.06. The van der Waals surface area contributed by atoms with Gasteiger partial charge in [0.05, 0.1) is 6.04 Å². The van der Waals surface area contributed by atoms with Crippen LogP contribution in [-0.4, -0.2) is 35.6 Å². The number of aryl methyl sites for hydroxylation is 1. The number of nitrogens with zero attached hydrogens (tertiary/aromatic N) is 2. The van der Waals surface area contributed by atoms with Crippen LogP contribution in [0.25, 0.3) is 0 Å². The molecule has 3 nitrogen and oxygen atoms in total. The molecule has 2 atom stereocenters. The fraction of sp³-hybridized carbons (Fsp3) is 0.786. The van der Waals surface area contributed by atoms with E-state index in [-0.39, 0.29) is 0 Å². The topological polar surface area (TPSA) is 28.2 Å². The number of hydrogen-bond acceptors (Lipinski definition) is 4. The van der Waals surface area contributed by atoms with Crippen molar-refractivity contribution < 1.29 is 0 Å². The molecule has 0 amide bonds. The van der Waals surface area contributed by atoms with Gasteiger partial charge in [-0.3, -0.25) is 4.90 Å². The Hall–Kier alpha value is -0.450. The van der Waals surface area contributed by atoms with E-state index in [1.165, 1.54) is 18.0 Å². The van der Waals surface area contributed by atoms with Crippen LogP contribution >= 0.6 is 11.3 Å². The molecule has 1 aliphatic rings. The van der Waals surface area contributed by atoms with Gasteiger partial charge in [-0.25, -0.2) is 4.98 Å². The number of nitrogens with one attached hydrogen (secondary N) is 1. The van der Waals surface area contributed by atoms with Gasteiger partial charge in [0.1, 0.15) is 5.01 Å². The third-order valence-corrected chi connectivity index (χ3v) is 4.94. The summed E-state index contributed by atoms with van der Waals surface area (Å²) < 4.78 is 0. The molecule has 0 aliphatic carbocycles. The van der Waals surface area contributed by atoms with E-state index in [9.17, 15) is 0 Å². The van der Waals surface area contributed by atoms with E-state index < -0.39 is 0 Å². The molecular formula is C14H25N3S. The van der Waals surface area contributed by atoms with Crippen molar-refractivity contribution in [3.63, 3.8) is 0 Å². The van der Waals surface area contributed by atoms with Crippen molar-refractivity contribution in [2.45, 2.75) is 46.2 Å². The molecule has 102 valence electrons. The van der Waals surface area contributed by atoms with Crippen LogP contribution < -0.4 is 5.32 Å². The Morgan fingerprint density at radius 2 is 2.22 bits per heavy atom. The summed E-state index contributed by atoms with van der Waals surface area (Å²) >= 11 is 1.79. The molecule has 0 bridgehead atoms. The molecule has 1 N–H and O–H groups in total. The van der Waals surface area contributed by atoms with E-state index >= 15 is 0 Å². The Balaban J connectivity index is 2.06. The van der Waals surface area contributed by atoms with Gasteiger partial charge in [0.2, 0.25) is 0 Å². The molecule has 0 aromatic carbocycles. The van der Waals surface area contributed by atoms with Crippen LogP contribution in [0.15, 0.2) is 5.38 Å². The van der Waals surface area contributed by atoms with Crippen LogP contribution in [0.3, 0.4) is 0 Å². The molecule has 0 saturated carbocycles. The molecule has 0 radical (unpaired) electrons. The van der Waals surface area contributed by atoms with Crippen molar-refractivity contribution in [1.82, 2.24) is 15.2 Å². The van der Waals surface area contributed by atoms with Crippen molar-refractivity contribution in [3.05, 3.63) is 16.1 Å². The molecule has 1 saturated heterocycles. The first-order chi connectivity index (χ1) is 8.58. The highest BCUT2D eigenvalue weighted by molar-refractivity contribution is 7.09. The third kappa shape index (κ3) is 3.31. The second-order valence-corrected chi connectivity index (χ2v) is 6.55. The molecule has 1 aromatic heterocycles. The maximum atomic E-state index is 4.64. The minimum atomic E-state index is 0.449. The lowest BCUT2D eigenvalue weighted by Gasteiger charge is -2.30. The average molecular weight is 267 g/mol. The van der Waals surface area contributed by atoms with Gasteiger partial charge >= 0.3 is 0 Å². The van der Waals surface area contributed by atoms with Gasteiger partial charge in [-0.05, 0) is 32.7 Å². The highest BCUT2D eigenvalue weighted by atomic mass is 32.1. The summed E-state index contributed by atoms with van der Waals surface area (Å²) in [7, 11) is 0. The highest BCUT2D eigenvalue weighted by Gasteiger charge is 2.25. The van der Waals surface area contributed by atoms with E-state index in [1.807, 2.05) is 0 Å². The first kappa shape index (κ1) is 14.0. The van der Waals surface area contributed by atoms with Crippen molar-refractivity contribution >= 4 is 11.3 Å². The zero-order valence-corrected chi connectivity index (χ0v) is 12.8. The maximum absolute atomic E-state index is 4.64. The molecule has 2 unspecified atom stereocenters. The second-order valence-electron chi connectivity index (χ2n) is 5.66. The molecule has 4 heteroatoms. The van der Waals surface area contributed by atoms with E-state index in [2.05, 4.69) is 48.3 Å². The molecule has 1 fully saturated rings. The summed E-state index contributed by atoms with van der Waals surface area (Å²) in [4.78, 5) is 7.23. The van der Waals surface area contributed by atoms with E-state index in [1.54, 1.807) is 11.3 Å². The van der Waals surface area contributed by atoms with Gasteiger partial charge in [-0.2, -0.15) is 0 Å². The van der Waals surface area contributed by atoms with Gasteiger partial charge in [0.15, 0.2) is 0 Å². The molecule has 2 heterocycles. The van der Waals surface area contributed by atoms with Crippen LogP contribution in [0, 0.1) is 12.8 Å². The minimum absolute atomic E-state index is 0.449. The Morgan fingerprint density at radius 1 is 1.44 bits per heavy atom. The predicted octanol–water partition coefficient (Wildman–Crippen LogP) is 2.83. The molecule has 18 heavy (non-hydrogen) atoms. The summed E-state index contributed by atoms with van der Waals surface area (Å²) in [6.45, 7) is 12.4. The minimum Gasteiger partial charge on any atom is -0.312 e. The normalized spacial score (nSPS) is 24.2. The second kappa shape index (κ2) is 6.13. The largest absolute Gasteiger partial charge is 0.312 e. The van der Waals surface area contributed by atoms with Gasteiger partial charge in [0, 0.05) is 30.2 Å². The Kier molecular flexibility index (Phi) is 4.76. The number of rotatable bonds is 3.